The molecular weight excluding hydrogens is 626 g/mol. The summed E-state index contributed by atoms with van der Waals surface area (Å²) in [6.07, 6.45) is 1.46. The Morgan fingerprint density at radius 1 is 0.837 bits per heavy atom. The Hall–Kier alpha value is -4.37. The van der Waals surface area contributed by atoms with E-state index in [9.17, 15) is 19.8 Å². The van der Waals surface area contributed by atoms with E-state index in [1.54, 1.807) is 36.4 Å². The Morgan fingerprint density at radius 3 is 2.00 bits per heavy atom. The van der Waals surface area contributed by atoms with Crippen molar-refractivity contribution in [2.24, 2.45) is 0 Å². The van der Waals surface area contributed by atoms with Crippen LogP contribution < -0.4 is 20.4 Å². The molecule has 3 aromatic rings. The number of aromatic nitrogens is 3. The lowest BCUT2D eigenvalue weighted by molar-refractivity contribution is 0.0595. The van der Waals surface area contributed by atoms with Gasteiger partial charge in [-0.3, -0.25) is 9.69 Å². The van der Waals surface area contributed by atoms with Crippen LogP contribution in [0.3, 0.4) is 0 Å². The number of nitrogens with one attached hydrogen (secondary N) is 2. The van der Waals surface area contributed by atoms with Gasteiger partial charge in [-0.05, 0) is 82.1 Å². The summed E-state index contributed by atoms with van der Waals surface area (Å²) >= 11 is 0. The molecular formula is C35H47N9O5. The summed E-state index contributed by atoms with van der Waals surface area (Å²) < 4.78 is 5.63. The molecule has 0 radical (unpaired) electrons. The number of amides is 3. The van der Waals surface area contributed by atoms with E-state index in [0.29, 0.717) is 73.5 Å². The van der Waals surface area contributed by atoms with Crippen molar-refractivity contribution in [3.8, 4) is 11.4 Å². The van der Waals surface area contributed by atoms with Crippen molar-refractivity contribution in [2.75, 3.05) is 79.6 Å². The molecule has 49 heavy (non-hydrogen) atoms. The molecule has 3 atom stereocenters. The normalized spacial score (nSPS) is 21.7. The fraction of sp³-hybridized carbons (Fsp3) is 0.514. The van der Waals surface area contributed by atoms with E-state index < -0.39 is 6.03 Å². The number of anilines is 4. The highest BCUT2D eigenvalue weighted by molar-refractivity contribution is 6.00. The lowest BCUT2D eigenvalue weighted by atomic mass is 10.1. The fourth-order valence-electron chi connectivity index (χ4n) is 6.71. The molecule has 6 rings (SSSR count). The lowest BCUT2D eigenvalue weighted by Gasteiger charge is -2.37. The predicted octanol–water partition coefficient (Wildman–Crippen LogP) is 2.90. The summed E-state index contributed by atoms with van der Waals surface area (Å²) in [5, 5.41) is 25.8. The van der Waals surface area contributed by atoms with E-state index in [4.69, 9.17) is 19.7 Å². The Morgan fingerprint density at radius 2 is 1.43 bits per heavy atom. The molecule has 1 aromatic heterocycles. The number of benzene rings is 2. The van der Waals surface area contributed by atoms with E-state index in [-0.39, 0.29) is 37.2 Å². The van der Waals surface area contributed by atoms with Crippen LogP contribution in [-0.4, -0.2) is 130 Å². The van der Waals surface area contributed by atoms with Gasteiger partial charge < -0.3 is 40.3 Å². The number of aliphatic hydroxyl groups excluding tert-OH is 2. The van der Waals surface area contributed by atoms with Gasteiger partial charge in [-0.1, -0.05) is 0 Å². The average Bonchev–Trinajstić information content (AvgIpc) is 3.55. The van der Waals surface area contributed by atoms with Gasteiger partial charge in [0.2, 0.25) is 11.9 Å². The predicted molar refractivity (Wildman–Crippen MR) is 188 cm³/mol. The number of carbonyl (C=O) groups is 2. The van der Waals surface area contributed by atoms with E-state index in [1.165, 1.54) is 0 Å². The second-order valence-corrected chi connectivity index (χ2v) is 13.2. The molecule has 0 spiro atoms. The van der Waals surface area contributed by atoms with Gasteiger partial charge in [0.05, 0.1) is 44.6 Å². The highest BCUT2D eigenvalue weighted by atomic mass is 16.5. The Balaban J connectivity index is 1.12. The van der Waals surface area contributed by atoms with Crippen LogP contribution in [0, 0.1) is 0 Å². The number of morpholine rings is 1. The maximum Gasteiger partial charge on any atom is 0.323 e. The van der Waals surface area contributed by atoms with Gasteiger partial charge in [0.25, 0.3) is 5.91 Å². The first-order valence-electron chi connectivity index (χ1n) is 17.2. The highest BCUT2D eigenvalue weighted by Gasteiger charge is 2.36. The molecule has 262 valence electrons. The summed E-state index contributed by atoms with van der Waals surface area (Å²) in [6.45, 7) is 11.1. The van der Waals surface area contributed by atoms with Crippen LogP contribution >= 0.6 is 0 Å². The molecule has 3 saturated heterocycles. The van der Waals surface area contributed by atoms with E-state index in [2.05, 4.69) is 41.2 Å². The monoisotopic (exact) mass is 673 g/mol. The molecule has 0 aliphatic carbocycles. The average molecular weight is 674 g/mol. The first-order valence-corrected chi connectivity index (χ1v) is 17.2. The standard InChI is InChI=1S/C35H47N9O5/c1-23(2)41-14-16-42(17-15-41)32(47)26-6-10-28(11-7-26)37-35(48)36-27-8-4-25(5-9-27)31-38-33(43-18-19-49-22-24(43)3)40-34(39-31)44-29(20-45)12-13-30(44)21-46/h4-11,23-24,29-30,45-46H,12-22H2,1-3H3,(H2,36,37,48)/t24?,29-,30+. The van der Waals surface area contributed by atoms with Crippen molar-refractivity contribution in [3.05, 3.63) is 54.1 Å². The van der Waals surface area contributed by atoms with Crippen LogP contribution in [0.25, 0.3) is 11.4 Å². The van der Waals surface area contributed by atoms with Crippen LogP contribution in [0.2, 0.25) is 0 Å². The number of piperazine rings is 1. The van der Waals surface area contributed by atoms with Crippen molar-refractivity contribution in [2.45, 2.75) is 57.8 Å². The summed E-state index contributed by atoms with van der Waals surface area (Å²) in [5.41, 5.74) is 2.46. The SMILES string of the molecule is CC(C)N1CCN(C(=O)c2ccc(NC(=O)Nc3ccc(-c4nc(N5CCOCC5C)nc(N5[C@H](CO)CC[C@@H]5CO)n4)cc3)cc2)CC1. The minimum Gasteiger partial charge on any atom is -0.394 e. The van der Waals surface area contributed by atoms with Crippen LogP contribution in [0.1, 0.15) is 44.0 Å². The zero-order chi connectivity index (χ0) is 34.5. The maximum absolute atomic E-state index is 13.0. The smallest absolute Gasteiger partial charge is 0.323 e. The number of aliphatic hydroxyl groups is 2. The fourth-order valence-corrected chi connectivity index (χ4v) is 6.71. The molecule has 2 aromatic carbocycles. The largest absolute Gasteiger partial charge is 0.394 e. The van der Waals surface area contributed by atoms with Crippen LogP contribution in [-0.2, 0) is 4.74 Å². The third-order valence-corrected chi connectivity index (χ3v) is 9.63. The second kappa shape index (κ2) is 15.5. The molecule has 14 heteroatoms. The van der Waals surface area contributed by atoms with Gasteiger partial charge >= 0.3 is 6.03 Å². The van der Waals surface area contributed by atoms with E-state index in [0.717, 1.165) is 31.5 Å². The summed E-state index contributed by atoms with van der Waals surface area (Å²) in [6, 6.07) is 13.9. The number of nitrogens with zero attached hydrogens (tertiary/aromatic N) is 7. The van der Waals surface area contributed by atoms with Crippen LogP contribution in [0.15, 0.2) is 48.5 Å². The molecule has 0 saturated carbocycles. The molecule has 0 bridgehead atoms. The zero-order valence-electron chi connectivity index (χ0n) is 28.5. The van der Waals surface area contributed by atoms with E-state index >= 15 is 0 Å². The molecule has 3 aliphatic rings. The Kier molecular flexibility index (Phi) is 10.9. The van der Waals surface area contributed by atoms with Gasteiger partial charge in [-0.25, -0.2) is 4.79 Å². The van der Waals surface area contributed by atoms with Crippen molar-refractivity contribution < 1.29 is 24.5 Å². The molecule has 3 aliphatic heterocycles. The number of hydrogen-bond acceptors (Lipinski definition) is 11. The Bertz CT molecular complexity index is 1570. The van der Waals surface area contributed by atoms with Crippen molar-refractivity contribution in [1.29, 1.82) is 0 Å². The third-order valence-electron chi connectivity index (χ3n) is 9.63. The molecule has 1 unspecified atom stereocenters. The Labute approximate surface area is 287 Å². The molecule has 4 N–H and O–H groups in total. The lowest BCUT2D eigenvalue weighted by Crippen LogP contribution is -2.50. The van der Waals surface area contributed by atoms with Crippen LogP contribution in [0.4, 0.5) is 28.1 Å². The minimum absolute atomic E-state index is 0.00164. The quantitative estimate of drug-likeness (QED) is 0.265. The summed E-state index contributed by atoms with van der Waals surface area (Å²) in [5.74, 6) is 1.38. The van der Waals surface area contributed by atoms with Crippen molar-refractivity contribution >= 4 is 35.2 Å². The summed E-state index contributed by atoms with van der Waals surface area (Å²) in [7, 11) is 0. The van der Waals surface area contributed by atoms with E-state index in [1.807, 2.05) is 21.9 Å². The van der Waals surface area contributed by atoms with Gasteiger partial charge in [0.15, 0.2) is 5.82 Å². The minimum atomic E-state index is -0.415. The molecule has 3 amide bonds. The third kappa shape index (κ3) is 7.93. The maximum atomic E-state index is 13.0. The highest BCUT2D eigenvalue weighted by Crippen LogP contribution is 2.31. The first-order chi connectivity index (χ1) is 23.7. The van der Waals surface area contributed by atoms with Crippen LogP contribution in [0.5, 0.6) is 0 Å². The zero-order valence-corrected chi connectivity index (χ0v) is 28.5. The topological polar surface area (TPSA) is 160 Å². The van der Waals surface area contributed by atoms with Crippen molar-refractivity contribution in [1.82, 2.24) is 24.8 Å². The second-order valence-electron chi connectivity index (χ2n) is 13.2. The number of urea groups is 1. The van der Waals surface area contributed by atoms with Crippen molar-refractivity contribution in [3.63, 3.8) is 0 Å². The number of rotatable bonds is 9. The number of ether oxygens (including phenoxy) is 1. The number of hydrogen-bond donors (Lipinski definition) is 4. The molecule has 3 fully saturated rings. The number of carbonyl (C=O) groups excluding carboxylic acids is 2. The van der Waals surface area contributed by atoms with Gasteiger partial charge in [0.1, 0.15) is 0 Å². The summed E-state index contributed by atoms with van der Waals surface area (Å²) in [4.78, 5) is 48.5. The first kappa shape index (κ1) is 34.5. The molecule has 14 nitrogen and oxygen atoms in total. The van der Waals surface area contributed by atoms with Gasteiger partial charge in [-0.2, -0.15) is 15.0 Å². The van der Waals surface area contributed by atoms with Gasteiger partial charge in [-0.15, -0.1) is 0 Å². The molecule has 4 heterocycles. The van der Waals surface area contributed by atoms with Gasteiger partial charge in [0, 0.05) is 61.3 Å².